The molecule has 4 aromatic rings. The third-order valence-electron chi connectivity index (χ3n) is 5.47. The quantitative estimate of drug-likeness (QED) is 0.307. The van der Waals surface area contributed by atoms with Crippen molar-refractivity contribution >= 4 is 11.8 Å². The van der Waals surface area contributed by atoms with Gasteiger partial charge in [0, 0.05) is 28.8 Å². The summed E-state index contributed by atoms with van der Waals surface area (Å²) in [5, 5.41) is 12.8. The zero-order valence-corrected chi connectivity index (χ0v) is 20.9. The molecule has 3 aromatic carbocycles. The van der Waals surface area contributed by atoms with E-state index in [0.717, 1.165) is 34.0 Å². The number of benzene rings is 3. The molecular formula is C30H29N3O3. The van der Waals surface area contributed by atoms with Crippen molar-refractivity contribution in [2.24, 2.45) is 0 Å². The molecule has 6 nitrogen and oxygen atoms in total. The number of amides is 1. The van der Waals surface area contributed by atoms with Crippen LogP contribution in [0.1, 0.15) is 39.0 Å². The second kappa shape index (κ2) is 10.4. The van der Waals surface area contributed by atoms with Gasteiger partial charge < -0.3 is 14.0 Å². The maximum absolute atomic E-state index is 12.2. The highest BCUT2D eigenvalue weighted by atomic mass is 16.6. The SMILES string of the molecule is CCc1c(C#N)c(-c2ccc(Oc3ccccc3)cc2)cn1-c1cccc(NC(=O)OC(C)(C)C)c1. The molecule has 36 heavy (non-hydrogen) atoms. The van der Waals surface area contributed by atoms with E-state index in [2.05, 4.69) is 11.4 Å². The Morgan fingerprint density at radius 1 is 0.972 bits per heavy atom. The first-order valence-electron chi connectivity index (χ1n) is 11.9. The van der Waals surface area contributed by atoms with Crippen LogP contribution < -0.4 is 10.1 Å². The molecule has 0 spiro atoms. The Kier molecular flexibility index (Phi) is 7.12. The normalized spacial score (nSPS) is 11.0. The number of nitrogens with zero attached hydrogens (tertiary/aromatic N) is 2. The first kappa shape index (κ1) is 24.6. The Bertz CT molecular complexity index is 1390. The summed E-state index contributed by atoms with van der Waals surface area (Å²) in [6.45, 7) is 7.49. The fourth-order valence-electron chi connectivity index (χ4n) is 3.95. The van der Waals surface area contributed by atoms with E-state index in [1.165, 1.54) is 0 Å². The van der Waals surface area contributed by atoms with Crippen molar-refractivity contribution in [1.29, 1.82) is 5.26 Å². The topological polar surface area (TPSA) is 76.3 Å². The van der Waals surface area contributed by atoms with E-state index >= 15 is 0 Å². The first-order chi connectivity index (χ1) is 17.3. The van der Waals surface area contributed by atoms with Gasteiger partial charge in [0.1, 0.15) is 23.2 Å². The monoisotopic (exact) mass is 479 g/mol. The van der Waals surface area contributed by atoms with Crippen molar-refractivity contribution < 1.29 is 14.3 Å². The smallest absolute Gasteiger partial charge is 0.412 e. The number of anilines is 1. The van der Waals surface area contributed by atoms with Crippen molar-refractivity contribution in [2.45, 2.75) is 39.7 Å². The second-order valence-electron chi connectivity index (χ2n) is 9.32. The Hall–Kier alpha value is -4.50. The minimum atomic E-state index is -0.588. The highest BCUT2D eigenvalue weighted by molar-refractivity contribution is 5.85. The summed E-state index contributed by atoms with van der Waals surface area (Å²) < 4.78 is 13.3. The van der Waals surface area contributed by atoms with Gasteiger partial charge in [-0.1, -0.05) is 43.3 Å². The summed E-state index contributed by atoms with van der Waals surface area (Å²) >= 11 is 0. The molecule has 0 saturated heterocycles. The highest BCUT2D eigenvalue weighted by Crippen LogP contribution is 2.33. The van der Waals surface area contributed by atoms with E-state index in [9.17, 15) is 10.1 Å². The standard InChI is InChI=1S/C30H29N3O3/c1-5-28-26(19-31)27(21-14-16-25(17-15-21)35-24-12-7-6-8-13-24)20-33(28)23-11-9-10-22(18-23)32-29(34)36-30(2,3)4/h6-18,20H,5H2,1-4H3,(H,32,34). The van der Waals surface area contributed by atoms with Gasteiger partial charge in [0.25, 0.3) is 0 Å². The predicted octanol–water partition coefficient (Wildman–Crippen LogP) is 7.72. The number of nitrogens with one attached hydrogen (secondary N) is 1. The number of nitriles is 1. The molecule has 0 fully saturated rings. The number of ether oxygens (including phenoxy) is 2. The summed E-state index contributed by atoms with van der Waals surface area (Å²) in [4.78, 5) is 12.2. The zero-order chi connectivity index (χ0) is 25.7. The van der Waals surface area contributed by atoms with Gasteiger partial charge in [0.2, 0.25) is 0 Å². The Morgan fingerprint density at radius 2 is 1.67 bits per heavy atom. The van der Waals surface area contributed by atoms with Gasteiger partial charge in [-0.05, 0) is 75.2 Å². The minimum Gasteiger partial charge on any atom is -0.457 e. The van der Waals surface area contributed by atoms with Gasteiger partial charge in [-0.2, -0.15) is 5.26 Å². The maximum Gasteiger partial charge on any atom is 0.412 e. The third-order valence-corrected chi connectivity index (χ3v) is 5.47. The molecule has 1 aromatic heterocycles. The Balaban J connectivity index is 1.64. The van der Waals surface area contributed by atoms with Crippen LogP contribution >= 0.6 is 0 Å². The van der Waals surface area contributed by atoms with Crippen LogP contribution in [-0.2, 0) is 11.2 Å². The van der Waals surface area contributed by atoms with Gasteiger partial charge in [-0.25, -0.2) is 4.79 Å². The van der Waals surface area contributed by atoms with Crippen LogP contribution in [-0.4, -0.2) is 16.3 Å². The van der Waals surface area contributed by atoms with Crippen molar-refractivity contribution in [3.63, 3.8) is 0 Å². The van der Waals surface area contributed by atoms with Crippen molar-refractivity contribution in [2.75, 3.05) is 5.32 Å². The molecule has 0 unspecified atom stereocenters. The fraction of sp³-hybridized carbons (Fsp3) is 0.200. The number of hydrogen-bond donors (Lipinski definition) is 1. The van der Waals surface area contributed by atoms with Crippen LogP contribution in [0.3, 0.4) is 0 Å². The summed E-state index contributed by atoms with van der Waals surface area (Å²) in [5.41, 5.74) is 4.14. The summed E-state index contributed by atoms with van der Waals surface area (Å²) in [5.74, 6) is 1.49. The zero-order valence-electron chi connectivity index (χ0n) is 20.9. The maximum atomic E-state index is 12.2. The number of carbonyl (C=O) groups is 1. The summed E-state index contributed by atoms with van der Waals surface area (Å²) in [7, 11) is 0. The van der Waals surface area contributed by atoms with Crippen LogP contribution in [0.2, 0.25) is 0 Å². The number of carbonyl (C=O) groups excluding carboxylic acids is 1. The molecule has 0 aliphatic heterocycles. The number of aromatic nitrogens is 1. The number of hydrogen-bond acceptors (Lipinski definition) is 4. The lowest BCUT2D eigenvalue weighted by Gasteiger charge is -2.20. The van der Waals surface area contributed by atoms with Crippen LogP contribution in [0.5, 0.6) is 11.5 Å². The molecule has 0 radical (unpaired) electrons. The third kappa shape index (κ3) is 5.76. The van der Waals surface area contributed by atoms with Crippen LogP contribution in [0, 0.1) is 11.3 Å². The lowest BCUT2D eigenvalue weighted by atomic mass is 10.0. The number of para-hydroxylation sites is 1. The molecule has 1 N–H and O–H groups in total. The minimum absolute atomic E-state index is 0.515. The molecule has 0 atom stereocenters. The van der Waals surface area contributed by atoms with E-state index in [1.54, 1.807) is 6.07 Å². The second-order valence-corrected chi connectivity index (χ2v) is 9.32. The van der Waals surface area contributed by atoms with Crippen LogP contribution in [0.15, 0.2) is 85.1 Å². The first-order valence-corrected chi connectivity index (χ1v) is 11.9. The highest BCUT2D eigenvalue weighted by Gasteiger charge is 2.19. The summed E-state index contributed by atoms with van der Waals surface area (Å²) in [6, 6.07) is 27.2. The van der Waals surface area contributed by atoms with E-state index in [0.29, 0.717) is 17.7 Å². The Labute approximate surface area is 211 Å². The van der Waals surface area contributed by atoms with E-state index < -0.39 is 11.7 Å². The molecule has 0 bridgehead atoms. The Morgan fingerprint density at radius 3 is 2.31 bits per heavy atom. The largest absolute Gasteiger partial charge is 0.457 e. The molecule has 182 valence electrons. The molecule has 1 amide bonds. The summed E-state index contributed by atoms with van der Waals surface area (Å²) in [6.07, 6.45) is 2.12. The molecule has 0 saturated carbocycles. The van der Waals surface area contributed by atoms with Gasteiger partial charge in [-0.15, -0.1) is 0 Å². The average molecular weight is 480 g/mol. The van der Waals surface area contributed by atoms with Gasteiger partial charge >= 0.3 is 6.09 Å². The average Bonchev–Trinajstić information content (AvgIpc) is 3.23. The lowest BCUT2D eigenvalue weighted by molar-refractivity contribution is 0.0636. The van der Waals surface area contributed by atoms with Crippen LogP contribution in [0.25, 0.3) is 16.8 Å². The van der Waals surface area contributed by atoms with E-state index in [-0.39, 0.29) is 0 Å². The molecule has 4 rings (SSSR count). The molecule has 0 aliphatic rings. The van der Waals surface area contributed by atoms with Crippen LogP contribution in [0.4, 0.5) is 10.5 Å². The lowest BCUT2D eigenvalue weighted by Crippen LogP contribution is -2.27. The van der Waals surface area contributed by atoms with Crippen molar-refractivity contribution in [3.8, 4) is 34.4 Å². The fourth-order valence-corrected chi connectivity index (χ4v) is 3.95. The van der Waals surface area contributed by atoms with Crippen molar-refractivity contribution in [3.05, 3.63) is 96.3 Å². The van der Waals surface area contributed by atoms with E-state index in [4.69, 9.17) is 9.47 Å². The van der Waals surface area contributed by atoms with Crippen molar-refractivity contribution in [1.82, 2.24) is 4.57 Å². The van der Waals surface area contributed by atoms with Gasteiger partial charge in [0.15, 0.2) is 0 Å². The predicted molar refractivity (Wildman–Crippen MR) is 142 cm³/mol. The van der Waals surface area contributed by atoms with Gasteiger partial charge in [-0.3, -0.25) is 5.32 Å². The molecular weight excluding hydrogens is 450 g/mol. The number of rotatable bonds is 6. The van der Waals surface area contributed by atoms with Gasteiger partial charge in [0.05, 0.1) is 5.56 Å². The molecule has 0 aliphatic carbocycles. The molecule has 1 heterocycles. The van der Waals surface area contributed by atoms with E-state index in [1.807, 2.05) is 111 Å². The molecule has 6 heteroatoms.